The van der Waals surface area contributed by atoms with Crippen molar-refractivity contribution in [2.75, 3.05) is 7.11 Å². The van der Waals surface area contributed by atoms with Crippen LogP contribution in [0.3, 0.4) is 0 Å². The average molecular weight is 460 g/mol. The highest BCUT2D eigenvalue weighted by Gasteiger charge is 2.18. The van der Waals surface area contributed by atoms with Crippen molar-refractivity contribution in [1.29, 1.82) is 0 Å². The second-order valence-electron chi connectivity index (χ2n) is 8.09. The summed E-state index contributed by atoms with van der Waals surface area (Å²) in [5.74, 6) is 0.579. The number of nitro groups is 1. The quantitative estimate of drug-likeness (QED) is 0.224. The SMILES string of the molecule is COc1ccc(CCn2c(C)cc(C(=O)Cn3cnc4ccc([N+](=O)[O-])cc4c3=O)c2C)cc1. The van der Waals surface area contributed by atoms with E-state index < -0.39 is 10.5 Å². The van der Waals surface area contributed by atoms with Gasteiger partial charge in [0.15, 0.2) is 5.78 Å². The molecule has 0 spiro atoms. The molecule has 9 heteroatoms. The maximum atomic E-state index is 13.1. The number of hydrogen-bond acceptors (Lipinski definition) is 6. The Balaban J connectivity index is 1.55. The van der Waals surface area contributed by atoms with E-state index in [4.69, 9.17) is 4.74 Å². The summed E-state index contributed by atoms with van der Waals surface area (Å²) < 4.78 is 8.47. The Morgan fingerprint density at radius 3 is 2.53 bits per heavy atom. The van der Waals surface area contributed by atoms with Crippen LogP contribution >= 0.6 is 0 Å². The average Bonchev–Trinajstić information content (AvgIpc) is 3.12. The highest BCUT2D eigenvalue weighted by molar-refractivity contribution is 5.97. The number of ether oxygens (including phenoxy) is 1. The summed E-state index contributed by atoms with van der Waals surface area (Å²) in [5.41, 5.74) is 3.13. The summed E-state index contributed by atoms with van der Waals surface area (Å²) in [6.07, 6.45) is 2.10. The second-order valence-corrected chi connectivity index (χ2v) is 8.09. The molecule has 4 aromatic rings. The van der Waals surface area contributed by atoms with Crippen LogP contribution in [0.25, 0.3) is 10.9 Å². The topological polar surface area (TPSA) is 109 Å². The Kier molecular flexibility index (Phi) is 6.27. The molecule has 34 heavy (non-hydrogen) atoms. The van der Waals surface area contributed by atoms with Gasteiger partial charge in [0.1, 0.15) is 5.75 Å². The van der Waals surface area contributed by atoms with E-state index in [2.05, 4.69) is 9.55 Å². The number of hydrogen-bond donors (Lipinski definition) is 0. The van der Waals surface area contributed by atoms with E-state index in [-0.39, 0.29) is 23.4 Å². The lowest BCUT2D eigenvalue weighted by atomic mass is 10.1. The fourth-order valence-electron chi connectivity index (χ4n) is 4.07. The van der Waals surface area contributed by atoms with Crippen LogP contribution in [-0.4, -0.2) is 31.9 Å². The zero-order chi connectivity index (χ0) is 24.4. The molecular formula is C25H24N4O5. The molecule has 0 saturated heterocycles. The van der Waals surface area contributed by atoms with Gasteiger partial charge in [-0.05, 0) is 50.1 Å². The number of rotatable bonds is 8. The van der Waals surface area contributed by atoms with Crippen LogP contribution in [0, 0.1) is 24.0 Å². The molecule has 2 heterocycles. The van der Waals surface area contributed by atoms with E-state index >= 15 is 0 Å². The van der Waals surface area contributed by atoms with Crippen LogP contribution in [-0.2, 0) is 19.5 Å². The third-order valence-electron chi connectivity index (χ3n) is 5.99. The van der Waals surface area contributed by atoms with Crippen LogP contribution in [0.15, 0.2) is 59.7 Å². The lowest BCUT2D eigenvalue weighted by Gasteiger charge is -2.11. The monoisotopic (exact) mass is 460 g/mol. The van der Waals surface area contributed by atoms with Crippen molar-refractivity contribution in [3.63, 3.8) is 0 Å². The lowest BCUT2D eigenvalue weighted by molar-refractivity contribution is -0.384. The smallest absolute Gasteiger partial charge is 0.270 e. The van der Waals surface area contributed by atoms with E-state index in [0.717, 1.165) is 29.1 Å². The molecule has 2 aromatic carbocycles. The van der Waals surface area contributed by atoms with E-state index in [1.165, 1.54) is 29.1 Å². The van der Waals surface area contributed by atoms with Gasteiger partial charge in [0.2, 0.25) is 0 Å². The molecule has 174 valence electrons. The van der Waals surface area contributed by atoms with E-state index in [0.29, 0.717) is 17.6 Å². The predicted octanol–water partition coefficient (Wildman–Crippen LogP) is 3.86. The Morgan fingerprint density at radius 2 is 1.85 bits per heavy atom. The Bertz CT molecular complexity index is 1450. The van der Waals surface area contributed by atoms with Crippen LogP contribution in [0.2, 0.25) is 0 Å². The predicted molar refractivity (Wildman–Crippen MR) is 128 cm³/mol. The number of aromatic nitrogens is 3. The molecule has 0 aliphatic rings. The fraction of sp³-hybridized carbons (Fsp3) is 0.240. The number of fused-ring (bicyclic) bond motifs is 1. The number of Topliss-reactive ketones (excluding diaryl/α,β-unsaturated/α-hetero) is 1. The largest absolute Gasteiger partial charge is 0.497 e. The zero-order valence-electron chi connectivity index (χ0n) is 19.1. The van der Waals surface area contributed by atoms with Gasteiger partial charge in [0.25, 0.3) is 11.2 Å². The van der Waals surface area contributed by atoms with Gasteiger partial charge in [-0.25, -0.2) is 4.98 Å². The number of aryl methyl sites for hydroxylation is 2. The molecule has 0 radical (unpaired) electrons. The first-order chi connectivity index (χ1) is 16.3. The summed E-state index contributed by atoms with van der Waals surface area (Å²) >= 11 is 0. The second kappa shape index (κ2) is 9.30. The van der Waals surface area contributed by atoms with Crippen molar-refractivity contribution < 1.29 is 14.5 Å². The highest BCUT2D eigenvalue weighted by atomic mass is 16.6. The first-order valence-electron chi connectivity index (χ1n) is 10.7. The molecule has 0 saturated carbocycles. The number of non-ortho nitro benzene ring substituents is 1. The minimum atomic E-state index is -0.567. The van der Waals surface area contributed by atoms with Crippen LogP contribution in [0.5, 0.6) is 5.75 Å². The fourth-order valence-corrected chi connectivity index (χ4v) is 4.07. The number of ketones is 1. The first kappa shape index (κ1) is 22.9. The van der Waals surface area contributed by atoms with Gasteiger partial charge < -0.3 is 9.30 Å². The molecule has 9 nitrogen and oxygen atoms in total. The van der Waals surface area contributed by atoms with Crippen LogP contribution in [0.1, 0.15) is 27.3 Å². The van der Waals surface area contributed by atoms with Crippen molar-refractivity contribution in [1.82, 2.24) is 14.1 Å². The third kappa shape index (κ3) is 4.45. The molecule has 0 fully saturated rings. The number of carbonyl (C=O) groups is 1. The van der Waals surface area contributed by atoms with Gasteiger partial charge in [0.05, 0.1) is 35.8 Å². The lowest BCUT2D eigenvalue weighted by Crippen LogP contribution is -2.25. The van der Waals surface area contributed by atoms with Gasteiger partial charge in [-0.3, -0.25) is 24.3 Å². The number of nitro benzene ring substituents is 1. The van der Waals surface area contributed by atoms with Gasteiger partial charge >= 0.3 is 0 Å². The number of methoxy groups -OCH3 is 1. The van der Waals surface area contributed by atoms with Gasteiger partial charge in [0, 0.05) is 35.6 Å². The summed E-state index contributed by atoms with van der Waals surface area (Å²) in [7, 11) is 1.63. The zero-order valence-corrected chi connectivity index (χ0v) is 19.1. The molecule has 2 aromatic heterocycles. The summed E-state index contributed by atoms with van der Waals surface area (Å²) in [4.78, 5) is 40.6. The van der Waals surface area contributed by atoms with E-state index in [9.17, 15) is 19.7 Å². The molecule has 0 aliphatic heterocycles. The summed E-state index contributed by atoms with van der Waals surface area (Å²) in [5, 5.41) is 11.2. The minimum Gasteiger partial charge on any atom is -0.497 e. The Labute approximate surface area is 195 Å². The van der Waals surface area contributed by atoms with Gasteiger partial charge in [-0.15, -0.1) is 0 Å². The van der Waals surface area contributed by atoms with Gasteiger partial charge in [-0.2, -0.15) is 0 Å². The van der Waals surface area contributed by atoms with Crippen LogP contribution < -0.4 is 10.3 Å². The standard InChI is InChI=1S/C25H24N4O5/c1-16-12-21(17(2)28(16)11-10-18-4-7-20(34-3)8-5-18)24(30)14-27-15-26-23-9-6-19(29(32)33)13-22(23)25(27)31/h4-9,12-13,15H,10-11,14H2,1-3H3. The Morgan fingerprint density at radius 1 is 1.12 bits per heavy atom. The molecule has 0 amide bonds. The summed E-state index contributed by atoms with van der Waals surface area (Å²) in [6.45, 7) is 4.34. The molecular weight excluding hydrogens is 436 g/mol. The van der Waals surface area contributed by atoms with E-state index in [1.54, 1.807) is 7.11 Å². The van der Waals surface area contributed by atoms with E-state index in [1.807, 2.05) is 44.2 Å². The third-order valence-corrected chi connectivity index (χ3v) is 5.99. The van der Waals surface area contributed by atoms with Crippen molar-refractivity contribution in [2.24, 2.45) is 0 Å². The maximum absolute atomic E-state index is 13.1. The minimum absolute atomic E-state index is 0.106. The first-order valence-corrected chi connectivity index (χ1v) is 10.7. The molecule has 0 unspecified atom stereocenters. The highest BCUT2D eigenvalue weighted by Crippen LogP contribution is 2.19. The Hall–Kier alpha value is -4.27. The van der Waals surface area contributed by atoms with Gasteiger partial charge in [-0.1, -0.05) is 12.1 Å². The maximum Gasteiger partial charge on any atom is 0.270 e. The number of carbonyl (C=O) groups excluding carboxylic acids is 1. The number of benzene rings is 2. The van der Waals surface area contributed by atoms with Crippen molar-refractivity contribution >= 4 is 22.4 Å². The van der Waals surface area contributed by atoms with Crippen molar-refractivity contribution in [3.05, 3.63) is 97.8 Å². The van der Waals surface area contributed by atoms with Crippen molar-refractivity contribution in [3.8, 4) is 5.75 Å². The molecule has 0 N–H and O–H groups in total. The summed E-state index contributed by atoms with van der Waals surface area (Å²) in [6, 6.07) is 13.6. The molecule has 0 bridgehead atoms. The molecule has 0 atom stereocenters. The molecule has 0 aliphatic carbocycles. The van der Waals surface area contributed by atoms with Crippen LogP contribution in [0.4, 0.5) is 5.69 Å². The normalized spacial score (nSPS) is 11.0. The molecule has 4 rings (SSSR count). The number of nitrogens with zero attached hydrogens (tertiary/aromatic N) is 4. The van der Waals surface area contributed by atoms with Crippen molar-refractivity contribution in [2.45, 2.75) is 33.4 Å².